The van der Waals surface area contributed by atoms with Crippen molar-refractivity contribution in [1.29, 1.82) is 0 Å². The van der Waals surface area contributed by atoms with Crippen LogP contribution in [0.25, 0.3) is 0 Å². The standard InChI is InChI=1S/C18H19N3O4/c1-12-8-13(2)18(14(3)9-12)25-11-17(22)20-19-10-15-4-6-16(7-5-15)21(23)24/h4-10H,11H2,1-3H3,(H,20,22)/b19-10-. The van der Waals surface area contributed by atoms with E-state index in [1.54, 1.807) is 12.1 Å². The summed E-state index contributed by atoms with van der Waals surface area (Å²) in [5, 5.41) is 14.4. The molecule has 0 bridgehead atoms. The van der Waals surface area contributed by atoms with Gasteiger partial charge in [0.25, 0.3) is 11.6 Å². The molecule has 0 atom stereocenters. The average Bonchev–Trinajstić information content (AvgIpc) is 2.54. The zero-order valence-electron chi connectivity index (χ0n) is 14.3. The maximum absolute atomic E-state index is 11.8. The molecular weight excluding hydrogens is 322 g/mol. The van der Waals surface area contributed by atoms with Crippen molar-refractivity contribution < 1.29 is 14.5 Å². The zero-order chi connectivity index (χ0) is 18.4. The Morgan fingerprint density at radius 3 is 2.36 bits per heavy atom. The number of non-ortho nitro benzene ring substituents is 1. The van der Waals surface area contributed by atoms with Gasteiger partial charge < -0.3 is 4.74 Å². The molecule has 0 aromatic heterocycles. The Morgan fingerprint density at radius 1 is 1.20 bits per heavy atom. The highest BCUT2D eigenvalue weighted by Gasteiger charge is 2.08. The highest BCUT2D eigenvalue weighted by atomic mass is 16.6. The first-order valence-corrected chi connectivity index (χ1v) is 7.64. The maximum Gasteiger partial charge on any atom is 0.277 e. The Labute approximate surface area is 145 Å². The van der Waals surface area contributed by atoms with Gasteiger partial charge in [-0.25, -0.2) is 5.43 Å². The van der Waals surface area contributed by atoms with Crippen LogP contribution in [-0.4, -0.2) is 23.7 Å². The van der Waals surface area contributed by atoms with Crippen molar-refractivity contribution in [2.75, 3.05) is 6.61 Å². The minimum atomic E-state index is -0.477. The molecule has 130 valence electrons. The first-order valence-electron chi connectivity index (χ1n) is 7.64. The monoisotopic (exact) mass is 341 g/mol. The molecule has 0 unspecified atom stereocenters. The van der Waals surface area contributed by atoms with E-state index in [2.05, 4.69) is 10.5 Å². The van der Waals surface area contributed by atoms with Gasteiger partial charge in [0.05, 0.1) is 11.1 Å². The number of rotatable bonds is 6. The van der Waals surface area contributed by atoms with Gasteiger partial charge in [-0.05, 0) is 49.6 Å². The van der Waals surface area contributed by atoms with Crippen LogP contribution in [0.2, 0.25) is 0 Å². The van der Waals surface area contributed by atoms with Crippen LogP contribution >= 0.6 is 0 Å². The van der Waals surface area contributed by atoms with Crippen LogP contribution in [0, 0.1) is 30.9 Å². The number of hydrogen-bond donors (Lipinski definition) is 1. The van der Waals surface area contributed by atoms with Gasteiger partial charge in [-0.1, -0.05) is 17.7 Å². The minimum absolute atomic E-state index is 0.00146. The smallest absolute Gasteiger partial charge is 0.277 e. The largest absolute Gasteiger partial charge is 0.483 e. The van der Waals surface area contributed by atoms with E-state index in [-0.39, 0.29) is 12.3 Å². The van der Waals surface area contributed by atoms with Gasteiger partial charge in [0, 0.05) is 12.1 Å². The Hall–Kier alpha value is -3.22. The SMILES string of the molecule is Cc1cc(C)c(OCC(=O)N/N=C\c2ccc([N+](=O)[O-])cc2)c(C)c1. The molecule has 0 radical (unpaired) electrons. The van der Waals surface area contributed by atoms with Crippen LogP contribution < -0.4 is 10.2 Å². The maximum atomic E-state index is 11.8. The molecule has 0 fully saturated rings. The van der Waals surface area contributed by atoms with Crippen molar-refractivity contribution >= 4 is 17.8 Å². The number of hydrogen-bond acceptors (Lipinski definition) is 5. The minimum Gasteiger partial charge on any atom is -0.483 e. The Morgan fingerprint density at radius 2 is 1.80 bits per heavy atom. The third-order valence-corrected chi connectivity index (χ3v) is 3.46. The summed E-state index contributed by atoms with van der Waals surface area (Å²) in [6.45, 7) is 5.71. The first kappa shape index (κ1) is 18.1. The van der Waals surface area contributed by atoms with Crippen LogP contribution in [-0.2, 0) is 4.79 Å². The van der Waals surface area contributed by atoms with Gasteiger partial charge >= 0.3 is 0 Å². The van der Waals surface area contributed by atoms with Crippen molar-refractivity contribution in [1.82, 2.24) is 5.43 Å². The molecule has 0 aliphatic carbocycles. The molecule has 0 aliphatic heterocycles. The van der Waals surface area contributed by atoms with E-state index in [1.165, 1.54) is 18.3 Å². The number of nitro benzene ring substituents is 1. The molecule has 7 nitrogen and oxygen atoms in total. The van der Waals surface area contributed by atoms with Gasteiger partial charge in [-0.2, -0.15) is 5.10 Å². The fourth-order valence-corrected chi connectivity index (χ4v) is 2.43. The van der Waals surface area contributed by atoms with E-state index in [1.807, 2.05) is 32.9 Å². The van der Waals surface area contributed by atoms with E-state index in [4.69, 9.17) is 4.74 Å². The summed E-state index contributed by atoms with van der Waals surface area (Å²) < 4.78 is 5.57. The second-order valence-corrected chi connectivity index (χ2v) is 5.66. The molecule has 0 saturated carbocycles. The molecule has 25 heavy (non-hydrogen) atoms. The molecule has 2 aromatic rings. The molecule has 2 rings (SSSR count). The van der Waals surface area contributed by atoms with Crippen LogP contribution in [0.15, 0.2) is 41.5 Å². The second-order valence-electron chi connectivity index (χ2n) is 5.66. The normalized spacial score (nSPS) is 10.7. The number of carbonyl (C=O) groups excluding carboxylic acids is 1. The molecule has 7 heteroatoms. The molecule has 0 aliphatic rings. The van der Waals surface area contributed by atoms with Crippen LogP contribution in [0.5, 0.6) is 5.75 Å². The number of carbonyl (C=O) groups is 1. The van der Waals surface area contributed by atoms with Gasteiger partial charge in [-0.15, -0.1) is 0 Å². The number of hydrazone groups is 1. The van der Waals surface area contributed by atoms with E-state index in [0.717, 1.165) is 16.7 Å². The summed E-state index contributed by atoms with van der Waals surface area (Å²) in [6.07, 6.45) is 1.41. The summed E-state index contributed by atoms with van der Waals surface area (Å²) in [6, 6.07) is 9.82. The Bertz CT molecular complexity index is 791. The van der Waals surface area contributed by atoms with Crippen molar-refractivity contribution in [3.05, 3.63) is 68.8 Å². The number of nitro groups is 1. The number of nitrogens with one attached hydrogen (secondary N) is 1. The third kappa shape index (κ3) is 5.13. The second kappa shape index (κ2) is 8.05. The number of amides is 1. The van der Waals surface area contributed by atoms with Crippen molar-refractivity contribution in [2.45, 2.75) is 20.8 Å². The van der Waals surface area contributed by atoms with E-state index >= 15 is 0 Å². The van der Waals surface area contributed by atoms with E-state index < -0.39 is 10.8 Å². The van der Waals surface area contributed by atoms with Gasteiger partial charge in [-0.3, -0.25) is 14.9 Å². The van der Waals surface area contributed by atoms with Gasteiger partial charge in [0.1, 0.15) is 5.75 Å². The fraction of sp³-hybridized carbons (Fsp3) is 0.222. The van der Waals surface area contributed by atoms with Gasteiger partial charge in [0.15, 0.2) is 6.61 Å². The molecule has 0 saturated heterocycles. The predicted octanol–water partition coefficient (Wildman–Crippen LogP) is 3.05. The quantitative estimate of drug-likeness (QED) is 0.496. The van der Waals surface area contributed by atoms with E-state index in [9.17, 15) is 14.9 Å². The summed E-state index contributed by atoms with van der Waals surface area (Å²) in [4.78, 5) is 21.9. The van der Waals surface area contributed by atoms with Gasteiger partial charge in [0.2, 0.25) is 0 Å². The summed E-state index contributed by atoms with van der Waals surface area (Å²) in [5.74, 6) is 0.303. The lowest BCUT2D eigenvalue weighted by molar-refractivity contribution is -0.384. The molecule has 0 heterocycles. The summed E-state index contributed by atoms with van der Waals surface area (Å²) >= 11 is 0. The zero-order valence-corrected chi connectivity index (χ0v) is 14.3. The highest BCUT2D eigenvalue weighted by molar-refractivity contribution is 5.83. The third-order valence-electron chi connectivity index (χ3n) is 3.46. The summed E-state index contributed by atoms with van der Waals surface area (Å²) in [5.41, 5.74) is 6.08. The fourth-order valence-electron chi connectivity index (χ4n) is 2.43. The highest BCUT2D eigenvalue weighted by Crippen LogP contribution is 2.24. The van der Waals surface area contributed by atoms with Crippen LogP contribution in [0.4, 0.5) is 5.69 Å². The number of aryl methyl sites for hydroxylation is 3. The Kier molecular flexibility index (Phi) is 5.84. The lowest BCUT2D eigenvalue weighted by atomic mass is 10.1. The molecule has 1 N–H and O–H groups in total. The molecule has 2 aromatic carbocycles. The number of ether oxygens (including phenoxy) is 1. The topological polar surface area (TPSA) is 93.8 Å². The number of benzene rings is 2. The number of nitrogens with zero attached hydrogens (tertiary/aromatic N) is 2. The lowest BCUT2D eigenvalue weighted by Crippen LogP contribution is -2.25. The van der Waals surface area contributed by atoms with Crippen LogP contribution in [0.3, 0.4) is 0 Å². The molecule has 1 amide bonds. The molecule has 0 spiro atoms. The van der Waals surface area contributed by atoms with E-state index in [0.29, 0.717) is 11.3 Å². The molecular formula is C18H19N3O4. The average molecular weight is 341 g/mol. The predicted molar refractivity (Wildman–Crippen MR) is 95.0 cm³/mol. The first-order chi connectivity index (χ1) is 11.9. The summed E-state index contributed by atoms with van der Waals surface area (Å²) in [7, 11) is 0. The van der Waals surface area contributed by atoms with Crippen molar-refractivity contribution in [3.63, 3.8) is 0 Å². The lowest BCUT2D eigenvalue weighted by Gasteiger charge is -2.12. The van der Waals surface area contributed by atoms with Crippen molar-refractivity contribution in [2.24, 2.45) is 5.10 Å². The van der Waals surface area contributed by atoms with Crippen molar-refractivity contribution in [3.8, 4) is 5.75 Å². The van der Waals surface area contributed by atoms with Crippen LogP contribution in [0.1, 0.15) is 22.3 Å². The Balaban J connectivity index is 1.87.